The lowest BCUT2D eigenvalue weighted by molar-refractivity contribution is -0.139. The fraction of sp³-hybridized carbons (Fsp3) is 0.0952. The minimum atomic E-state index is -1.15. The van der Waals surface area contributed by atoms with Crippen LogP contribution in [-0.2, 0) is 4.79 Å². The summed E-state index contributed by atoms with van der Waals surface area (Å²) in [5.41, 5.74) is 3.26. The monoisotopic (exact) mass is 446 g/mol. The Kier molecular flexibility index (Phi) is 6.76. The van der Waals surface area contributed by atoms with Gasteiger partial charge in [-0.2, -0.15) is 5.10 Å². The van der Waals surface area contributed by atoms with Crippen LogP contribution >= 0.6 is 23.2 Å². The van der Waals surface area contributed by atoms with Gasteiger partial charge in [-0.3, -0.25) is 4.79 Å². The third-order valence-electron chi connectivity index (χ3n) is 4.05. The molecule has 3 rings (SSSR count). The maximum Gasteiger partial charge on any atom is 0.341 e. The van der Waals surface area contributed by atoms with Gasteiger partial charge in [-0.25, -0.2) is 10.2 Å². The molecule has 0 spiro atoms. The first-order chi connectivity index (χ1) is 14.4. The van der Waals surface area contributed by atoms with Crippen molar-refractivity contribution in [3.05, 3.63) is 69.7 Å². The van der Waals surface area contributed by atoms with E-state index < -0.39 is 18.5 Å². The molecule has 0 aromatic heterocycles. The van der Waals surface area contributed by atoms with E-state index in [2.05, 4.69) is 10.5 Å². The first-order valence-corrected chi connectivity index (χ1v) is 9.38. The van der Waals surface area contributed by atoms with Gasteiger partial charge in [0.05, 0.1) is 28.9 Å². The van der Waals surface area contributed by atoms with E-state index in [0.29, 0.717) is 16.9 Å². The number of carbonyl (C=O) groups is 2. The van der Waals surface area contributed by atoms with E-state index in [-0.39, 0.29) is 15.8 Å². The minimum Gasteiger partial charge on any atom is -0.496 e. The smallest absolute Gasteiger partial charge is 0.341 e. The van der Waals surface area contributed by atoms with Crippen molar-refractivity contribution in [3.63, 3.8) is 0 Å². The zero-order chi connectivity index (χ0) is 21.7. The molecule has 0 aliphatic carbocycles. The summed E-state index contributed by atoms with van der Waals surface area (Å²) in [6.45, 7) is -0.573. The predicted molar refractivity (Wildman–Crippen MR) is 115 cm³/mol. The number of methoxy groups -OCH3 is 1. The largest absolute Gasteiger partial charge is 0.496 e. The van der Waals surface area contributed by atoms with Crippen LogP contribution in [0.5, 0.6) is 11.5 Å². The second kappa shape index (κ2) is 9.47. The molecule has 0 atom stereocenters. The van der Waals surface area contributed by atoms with Gasteiger partial charge in [0.25, 0.3) is 5.91 Å². The SMILES string of the molecule is COc1cc2ccccc2cc1C(=O)N/N=C\c1cc(Cl)c(OCC(=O)O)c(Cl)c1. The zero-order valence-electron chi connectivity index (χ0n) is 15.7. The summed E-state index contributed by atoms with van der Waals surface area (Å²) >= 11 is 12.2. The van der Waals surface area contributed by atoms with Gasteiger partial charge in [0.1, 0.15) is 5.75 Å². The molecule has 0 saturated heterocycles. The van der Waals surface area contributed by atoms with Crippen LogP contribution in [0.3, 0.4) is 0 Å². The fourth-order valence-corrected chi connectivity index (χ4v) is 3.33. The van der Waals surface area contributed by atoms with Gasteiger partial charge in [-0.1, -0.05) is 47.5 Å². The number of ether oxygens (including phenoxy) is 2. The van der Waals surface area contributed by atoms with Gasteiger partial charge in [0.2, 0.25) is 0 Å². The van der Waals surface area contributed by atoms with E-state index in [9.17, 15) is 9.59 Å². The normalized spacial score (nSPS) is 10.9. The number of carboxylic acid groups (broad SMARTS) is 1. The summed E-state index contributed by atoms with van der Waals surface area (Å²) in [7, 11) is 1.49. The molecule has 0 unspecified atom stereocenters. The number of hydrogen-bond acceptors (Lipinski definition) is 5. The Labute approximate surface area is 181 Å². The maximum atomic E-state index is 12.6. The molecule has 0 heterocycles. The molecule has 0 radical (unpaired) electrons. The molecule has 0 saturated carbocycles. The minimum absolute atomic E-state index is 0.0582. The van der Waals surface area contributed by atoms with E-state index in [1.165, 1.54) is 25.5 Å². The number of nitrogens with zero attached hydrogens (tertiary/aromatic N) is 1. The second-order valence-electron chi connectivity index (χ2n) is 6.09. The highest BCUT2D eigenvalue weighted by atomic mass is 35.5. The molecule has 30 heavy (non-hydrogen) atoms. The summed E-state index contributed by atoms with van der Waals surface area (Å²) in [6, 6.07) is 14.1. The maximum absolute atomic E-state index is 12.6. The van der Waals surface area contributed by atoms with E-state index in [0.717, 1.165) is 10.8 Å². The van der Waals surface area contributed by atoms with Crippen LogP contribution in [0.1, 0.15) is 15.9 Å². The molecular formula is C21H16Cl2N2O5. The molecule has 7 nitrogen and oxygen atoms in total. The topological polar surface area (TPSA) is 97.2 Å². The average Bonchev–Trinajstić information content (AvgIpc) is 2.71. The number of nitrogens with one attached hydrogen (secondary N) is 1. The summed E-state index contributed by atoms with van der Waals surface area (Å²) in [6.07, 6.45) is 1.35. The third kappa shape index (κ3) is 5.00. The lowest BCUT2D eigenvalue weighted by Gasteiger charge is -2.10. The number of carbonyl (C=O) groups excluding carboxylic acids is 1. The number of hydrogen-bond donors (Lipinski definition) is 2. The highest BCUT2D eigenvalue weighted by molar-refractivity contribution is 6.37. The quantitative estimate of drug-likeness (QED) is 0.414. The summed E-state index contributed by atoms with van der Waals surface area (Å²) < 4.78 is 10.4. The Morgan fingerprint density at radius 1 is 1.10 bits per heavy atom. The van der Waals surface area contributed by atoms with Crippen LogP contribution < -0.4 is 14.9 Å². The van der Waals surface area contributed by atoms with Gasteiger partial charge in [0.15, 0.2) is 12.4 Å². The number of carboxylic acids is 1. The highest BCUT2D eigenvalue weighted by Gasteiger charge is 2.14. The highest BCUT2D eigenvalue weighted by Crippen LogP contribution is 2.33. The van der Waals surface area contributed by atoms with E-state index >= 15 is 0 Å². The first-order valence-electron chi connectivity index (χ1n) is 8.63. The molecule has 0 bridgehead atoms. The fourth-order valence-electron chi connectivity index (χ4n) is 2.72. The van der Waals surface area contributed by atoms with Gasteiger partial charge in [0, 0.05) is 0 Å². The number of halogens is 2. The molecule has 0 aliphatic heterocycles. The lowest BCUT2D eigenvalue weighted by atomic mass is 10.1. The number of benzene rings is 3. The van der Waals surface area contributed by atoms with Crippen molar-refractivity contribution in [2.75, 3.05) is 13.7 Å². The van der Waals surface area contributed by atoms with Crippen LogP contribution in [0.4, 0.5) is 0 Å². The number of hydrazone groups is 1. The lowest BCUT2D eigenvalue weighted by Crippen LogP contribution is -2.18. The Morgan fingerprint density at radius 3 is 2.33 bits per heavy atom. The van der Waals surface area contributed by atoms with Crippen LogP contribution in [-0.4, -0.2) is 36.9 Å². The van der Waals surface area contributed by atoms with E-state index in [4.69, 9.17) is 37.8 Å². The predicted octanol–water partition coefficient (Wildman–Crippen LogP) is 4.38. The van der Waals surface area contributed by atoms with Crippen LogP contribution in [0.15, 0.2) is 53.6 Å². The average molecular weight is 447 g/mol. The molecule has 2 N–H and O–H groups in total. The molecule has 154 valence electrons. The third-order valence-corrected chi connectivity index (χ3v) is 4.61. The van der Waals surface area contributed by atoms with Crippen LogP contribution in [0, 0.1) is 0 Å². The molecule has 0 aliphatic rings. The molecule has 3 aromatic rings. The Morgan fingerprint density at radius 2 is 1.73 bits per heavy atom. The Hall–Kier alpha value is -3.29. The van der Waals surface area contributed by atoms with Crippen molar-refractivity contribution in [2.24, 2.45) is 5.10 Å². The zero-order valence-corrected chi connectivity index (χ0v) is 17.2. The van der Waals surface area contributed by atoms with Gasteiger partial charge < -0.3 is 14.6 Å². The van der Waals surface area contributed by atoms with Gasteiger partial charge in [-0.05, 0) is 40.6 Å². The van der Waals surface area contributed by atoms with E-state index in [1.807, 2.05) is 24.3 Å². The van der Waals surface area contributed by atoms with Crippen molar-refractivity contribution in [1.29, 1.82) is 0 Å². The summed E-state index contributed by atoms with van der Waals surface area (Å²) in [5, 5.41) is 14.7. The molecular weight excluding hydrogens is 431 g/mol. The Bertz CT molecular complexity index is 1120. The second-order valence-corrected chi connectivity index (χ2v) is 6.91. The number of fused-ring (bicyclic) bond motifs is 1. The van der Waals surface area contributed by atoms with Crippen molar-refractivity contribution >= 4 is 52.1 Å². The molecule has 9 heteroatoms. The molecule has 3 aromatic carbocycles. The number of aliphatic carboxylic acids is 1. The van der Waals surface area contributed by atoms with Gasteiger partial charge >= 0.3 is 5.97 Å². The van der Waals surface area contributed by atoms with E-state index in [1.54, 1.807) is 12.1 Å². The van der Waals surface area contributed by atoms with Crippen molar-refractivity contribution < 1.29 is 24.2 Å². The number of rotatable bonds is 7. The molecule has 1 amide bonds. The standard InChI is InChI=1S/C21H16Cl2N2O5/c1-29-18-9-14-5-3-2-4-13(14)8-15(18)21(28)25-24-10-12-6-16(22)20(17(23)7-12)30-11-19(26)27/h2-10H,11H2,1H3,(H,25,28)(H,26,27)/b24-10-. The first kappa shape index (κ1) is 21.4. The van der Waals surface area contributed by atoms with Crippen molar-refractivity contribution in [3.8, 4) is 11.5 Å². The summed E-state index contributed by atoms with van der Waals surface area (Å²) in [4.78, 5) is 23.2. The van der Waals surface area contributed by atoms with Crippen LogP contribution in [0.2, 0.25) is 10.0 Å². The summed E-state index contributed by atoms with van der Waals surface area (Å²) in [5.74, 6) is -1.12. The van der Waals surface area contributed by atoms with Crippen molar-refractivity contribution in [2.45, 2.75) is 0 Å². The molecule has 0 fully saturated rings. The van der Waals surface area contributed by atoms with Crippen molar-refractivity contribution in [1.82, 2.24) is 5.43 Å². The van der Waals surface area contributed by atoms with Gasteiger partial charge in [-0.15, -0.1) is 0 Å². The Balaban J connectivity index is 1.76. The number of amides is 1. The van der Waals surface area contributed by atoms with Crippen LogP contribution in [0.25, 0.3) is 10.8 Å².